The fraction of sp³-hybridized carbons (Fsp3) is 0.455. The van der Waals surface area contributed by atoms with Crippen LogP contribution in [0.2, 0.25) is 0 Å². The lowest BCUT2D eigenvalue weighted by Gasteiger charge is -2.46. The van der Waals surface area contributed by atoms with E-state index >= 15 is 8.78 Å². The molecule has 3 aromatic carbocycles. The Morgan fingerprint density at radius 3 is 1.50 bits per heavy atom. The second kappa shape index (κ2) is 16.7. The van der Waals surface area contributed by atoms with E-state index < -0.39 is 50.4 Å². The fourth-order valence-electron chi connectivity index (χ4n) is 5.02. The van der Waals surface area contributed by atoms with E-state index in [1.807, 2.05) is 91.0 Å². The molecule has 0 saturated carbocycles. The number of hydrogen-bond donors (Lipinski definition) is 0. The van der Waals surface area contributed by atoms with Gasteiger partial charge in [-0.25, -0.2) is 0 Å². The summed E-state index contributed by atoms with van der Waals surface area (Å²) in [7, 11) is -3.45. The van der Waals surface area contributed by atoms with Gasteiger partial charge in [0.05, 0.1) is 45.6 Å². The van der Waals surface area contributed by atoms with E-state index in [1.165, 1.54) is 21.0 Å². The van der Waals surface area contributed by atoms with Crippen LogP contribution in [0.3, 0.4) is 0 Å². The van der Waals surface area contributed by atoms with Gasteiger partial charge in [-0.1, -0.05) is 91.0 Å². The first-order valence-electron chi connectivity index (χ1n) is 14.7. The highest BCUT2D eigenvalue weighted by Crippen LogP contribution is 2.64. The van der Waals surface area contributed by atoms with Crippen molar-refractivity contribution >= 4 is 7.60 Å². The first-order valence-corrected chi connectivity index (χ1v) is 16.3. The van der Waals surface area contributed by atoms with Crippen molar-refractivity contribution in [1.82, 2.24) is 0 Å². The Kier molecular flexibility index (Phi) is 13.0. The molecule has 8 nitrogen and oxygen atoms in total. The highest BCUT2D eigenvalue weighted by Gasteiger charge is 2.58. The fourth-order valence-corrected chi connectivity index (χ4v) is 6.56. The van der Waals surface area contributed by atoms with Gasteiger partial charge in [0.25, 0.3) is 0 Å². The molecule has 1 heterocycles. The van der Waals surface area contributed by atoms with E-state index in [0.717, 1.165) is 16.7 Å². The second-order valence-corrected chi connectivity index (χ2v) is 12.4. The summed E-state index contributed by atoms with van der Waals surface area (Å²) >= 11 is 0. The van der Waals surface area contributed by atoms with Gasteiger partial charge in [-0.15, -0.1) is 0 Å². The van der Waals surface area contributed by atoms with Crippen LogP contribution in [0.1, 0.15) is 37.0 Å². The van der Waals surface area contributed by atoms with Gasteiger partial charge >= 0.3 is 13.3 Å². The maximum atomic E-state index is 15.9. The van der Waals surface area contributed by atoms with Crippen molar-refractivity contribution < 1.29 is 46.1 Å². The Balaban J connectivity index is 1.69. The van der Waals surface area contributed by atoms with Crippen molar-refractivity contribution in [2.75, 3.05) is 20.3 Å². The summed E-state index contributed by atoms with van der Waals surface area (Å²) in [5.74, 6) is 0. The van der Waals surface area contributed by atoms with Crippen LogP contribution in [0.25, 0.3) is 0 Å². The smallest absolute Gasteiger partial charge is 0.368 e. The van der Waals surface area contributed by atoms with Crippen LogP contribution in [0.4, 0.5) is 8.78 Å². The summed E-state index contributed by atoms with van der Waals surface area (Å²) in [6.07, 6.45) is -6.31. The van der Waals surface area contributed by atoms with Crippen LogP contribution < -0.4 is 0 Å². The van der Waals surface area contributed by atoms with Gasteiger partial charge in [-0.2, -0.15) is 8.78 Å². The molecule has 1 fully saturated rings. The first kappa shape index (κ1) is 34.3. The van der Waals surface area contributed by atoms with Crippen molar-refractivity contribution in [3.05, 3.63) is 108 Å². The molecule has 3 aromatic rings. The van der Waals surface area contributed by atoms with Crippen LogP contribution >= 0.6 is 7.60 Å². The summed E-state index contributed by atoms with van der Waals surface area (Å²) in [6.45, 7) is 2.95. The molecule has 1 aliphatic heterocycles. The lowest BCUT2D eigenvalue weighted by molar-refractivity contribution is -0.322. The number of benzene rings is 3. The van der Waals surface area contributed by atoms with Gasteiger partial charge in [0, 0.05) is 7.11 Å². The molecule has 0 aliphatic carbocycles. The van der Waals surface area contributed by atoms with E-state index in [9.17, 15) is 4.57 Å². The summed E-state index contributed by atoms with van der Waals surface area (Å²) in [4.78, 5) is 0. The topological polar surface area (TPSA) is 81.7 Å². The molecule has 1 aliphatic rings. The number of halogens is 2. The minimum absolute atomic E-state index is 0.0831. The molecule has 0 N–H and O–H groups in total. The molecule has 1 saturated heterocycles. The van der Waals surface area contributed by atoms with Gasteiger partial charge < -0.3 is 32.7 Å². The molecule has 0 spiro atoms. The Bertz CT molecular complexity index is 1270. The van der Waals surface area contributed by atoms with Crippen LogP contribution in [0, 0.1) is 0 Å². The second-order valence-electron chi connectivity index (χ2n) is 10.3. The summed E-state index contributed by atoms with van der Waals surface area (Å²) in [5, 5.41) is 0. The molecule has 5 atom stereocenters. The molecule has 0 unspecified atom stereocenters. The zero-order valence-corrected chi connectivity index (χ0v) is 26.2. The number of alkyl halides is 2. The quantitative estimate of drug-likeness (QED) is 0.143. The Labute approximate surface area is 258 Å². The lowest BCUT2D eigenvalue weighted by atomic mass is 9.95. The van der Waals surface area contributed by atoms with Gasteiger partial charge in [0.1, 0.15) is 18.3 Å². The average Bonchev–Trinajstić information content (AvgIpc) is 3.03. The molecule has 0 bridgehead atoms. The van der Waals surface area contributed by atoms with Crippen molar-refractivity contribution in [3.63, 3.8) is 0 Å². The summed E-state index contributed by atoms with van der Waals surface area (Å²) in [5.41, 5.74) is -1.31. The highest BCUT2D eigenvalue weighted by molar-refractivity contribution is 7.55. The minimum atomic E-state index is -4.85. The standard InChI is InChI=1S/C33H41F2O8P/c1-4-41-44(36,42-5-2)33(34,35)21-28-29(38-22-25-15-9-6-10-16-25)30(39-23-26-17-11-7-12-18-26)31(32(37-3)43-28)40-24-27-19-13-8-14-20-27/h6-20,28-32H,4-5,21-24H2,1-3H3/t28-,29-,30+,31+,32+/m1/s1. The van der Waals surface area contributed by atoms with E-state index in [-0.39, 0.29) is 33.0 Å². The number of rotatable bonds is 17. The highest BCUT2D eigenvalue weighted by atomic mass is 31.2. The molecule has 240 valence electrons. The molecular weight excluding hydrogens is 593 g/mol. The number of hydrogen-bond acceptors (Lipinski definition) is 8. The van der Waals surface area contributed by atoms with Gasteiger partial charge in [-0.3, -0.25) is 4.57 Å². The molecular formula is C33H41F2O8P. The predicted octanol–water partition coefficient (Wildman–Crippen LogP) is 7.36. The third-order valence-electron chi connectivity index (χ3n) is 7.12. The van der Waals surface area contributed by atoms with Crippen LogP contribution in [0.5, 0.6) is 0 Å². The third kappa shape index (κ3) is 9.02. The maximum Gasteiger partial charge on any atom is 0.399 e. The van der Waals surface area contributed by atoms with E-state index in [4.69, 9.17) is 32.7 Å². The first-order chi connectivity index (χ1) is 21.3. The molecule has 0 radical (unpaired) electrons. The monoisotopic (exact) mass is 634 g/mol. The number of ether oxygens (including phenoxy) is 5. The minimum Gasteiger partial charge on any atom is -0.368 e. The van der Waals surface area contributed by atoms with Gasteiger partial charge in [0.15, 0.2) is 6.29 Å². The van der Waals surface area contributed by atoms with Crippen LogP contribution in [0.15, 0.2) is 91.0 Å². The van der Waals surface area contributed by atoms with E-state index in [0.29, 0.717) is 0 Å². The molecule has 44 heavy (non-hydrogen) atoms. The zero-order chi connectivity index (χ0) is 31.4. The van der Waals surface area contributed by atoms with Gasteiger partial charge in [0.2, 0.25) is 0 Å². The Morgan fingerprint density at radius 1 is 0.682 bits per heavy atom. The summed E-state index contributed by atoms with van der Waals surface area (Å²) < 4.78 is 86.0. The average molecular weight is 635 g/mol. The third-order valence-corrected chi connectivity index (χ3v) is 9.31. The van der Waals surface area contributed by atoms with Crippen molar-refractivity contribution in [3.8, 4) is 0 Å². The van der Waals surface area contributed by atoms with Gasteiger partial charge in [-0.05, 0) is 30.5 Å². The predicted molar refractivity (Wildman–Crippen MR) is 161 cm³/mol. The van der Waals surface area contributed by atoms with Crippen LogP contribution in [-0.4, -0.2) is 56.7 Å². The van der Waals surface area contributed by atoms with Crippen LogP contribution in [-0.2, 0) is 57.1 Å². The Morgan fingerprint density at radius 2 is 1.09 bits per heavy atom. The SMILES string of the molecule is CCOP(=O)(OCC)C(F)(F)C[C@H]1O[C@H](OC)[C@@H](OCc2ccccc2)[C@@H](OCc2ccccc2)[C@@H]1OCc1ccccc1. The van der Waals surface area contributed by atoms with E-state index in [1.54, 1.807) is 0 Å². The number of methoxy groups -OCH3 is 1. The zero-order valence-electron chi connectivity index (χ0n) is 25.3. The normalized spacial score (nSPS) is 22.6. The lowest BCUT2D eigenvalue weighted by Crippen LogP contribution is -2.61. The largest absolute Gasteiger partial charge is 0.399 e. The molecule has 4 rings (SSSR count). The molecule has 0 aromatic heterocycles. The van der Waals surface area contributed by atoms with Crippen molar-refractivity contribution in [1.29, 1.82) is 0 Å². The molecule has 0 amide bonds. The van der Waals surface area contributed by atoms with Crippen molar-refractivity contribution in [2.45, 2.75) is 76.5 Å². The maximum absolute atomic E-state index is 15.9. The van der Waals surface area contributed by atoms with E-state index in [2.05, 4.69) is 0 Å². The van der Waals surface area contributed by atoms with Crippen molar-refractivity contribution in [2.24, 2.45) is 0 Å². The molecule has 11 heteroatoms. The Hall–Kier alpha value is -2.53. The summed E-state index contributed by atoms with van der Waals surface area (Å²) in [6, 6.07) is 28.3.